The van der Waals surface area contributed by atoms with E-state index in [0.717, 1.165) is 11.6 Å². The van der Waals surface area contributed by atoms with E-state index in [2.05, 4.69) is 29.1 Å². The van der Waals surface area contributed by atoms with Crippen molar-refractivity contribution in [3.63, 3.8) is 0 Å². The first kappa shape index (κ1) is 12.1. The summed E-state index contributed by atoms with van der Waals surface area (Å²) in [4.78, 5) is 0. The van der Waals surface area contributed by atoms with Crippen LogP contribution in [0.5, 0.6) is 0 Å². The maximum atomic E-state index is 6.05. The van der Waals surface area contributed by atoms with Crippen LogP contribution in [0.15, 0.2) is 24.3 Å². The fourth-order valence-corrected chi connectivity index (χ4v) is 3.08. The van der Waals surface area contributed by atoms with Crippen molar-refractivity contribution < 1.29 is 0 Å². The van der Waals surface area contributed by atoms with Crippen LogP contribution in [0.25, 0.3) is 10.9 Å². The molecule has 0 unspecified atom stereocenters. The fraction of sp³-hybridized carbons (Fsp3) is 0.467. The van der Waals surface area contributed by atoms with E-state index in [-0.39, 0.29) is 0 Å². The first-order valence-electron chi connectivity index (χ1n) is 6.71. The normalized spacial score (nSPS) is 16.8. The number of halogens is 1. The smallest absolute Gasteiger partial charge is 0.0495 e. The van der Waals surface area contributed by atoms with Gasteiger partial charge >= 0.3 is 0 Å². The van der Waals surface area contributed by atoms with Crippen LogP contribution < -0.4 is 5.32 Å². The van der Waals surface area contributed by atoms with Crippen LogP contribution in [0, 0.1) is 0 Å². The molecule has 1 aromatic carbocycles. The fourth-order valence-electron chi connectivity index (χ4n) is 2.91. The Labute approximate surface area is 113 Å². The number of hydrogen-bond acceptors (Lipinski definition) is 1. The molecule has 1 N–H and O–H groups in total. The molecule has 1 aliphatic carbocycles. The summed E-state index contributed by atoms with van der Waals surface area (Å²) in [6.45, 7) is 0.952. The molecule has 0 saturated heterocycles. The molecule has 0 amide bonds. The lowest BCUT2D eigenvalue weighted by molar-refractivity contribution is 0.514. The van der Waals surface area contributed by atoms with Crippen LogP contribution >= 0.6 is 11.6 Å². The van der Waals surface area contributed by atoms with Gasteiger partial charge in [-0.15, -0.1) is 0 Å². The molecule has 2 aromatic rings. The summed E-state index contributed by atoms with van der Waals surface area (Å²) in [5.74, 6) is 0. The van der Waals surface area contributed by atoms with Crippen LogP contribution in [0.3, 0.4) is 0 Å². The average molecular weight is 263 g/mol. The van der Waals surface area contributed by atoms with Crippen molar-refractivity contribution in [1.82, 2.24) is 9.88 Å². The highest BCUT2D eigenvalue weighted by Gasteiger charge is 2.15. The van der Waals surface area contributed by atoms with Crippen LogP contribution in [0.1, 0.15) is 31.4 Å². The van der Waals surface area contributed by atoms with Gasteiger partial charge in [0.1, 0.15) is 0 Å². The number of aryl methyl sites for hydroxylation is 1. The Bertz CT molecular complexity index is 553. The van der Waals surface area contributed by atoms with Crippen LogP contribution in [0.4, 0.5) is 0 Å². The Morgan fingerprint density at radius 1 is 1.28 bits per heavy atom. The van der Waals surface area contributed by atoms with Gasteiger partial charge in [-0.1, -0.05) is 30.5 Å². The highest BCUT2D eigenvalue weighted by atomic mass is 35.5. The van der Waals surface area contributed by atoms with E-state index in [4.69, 9.17) is 11.6 Å². The second-order valence-corrected chi connectivity index (χ2v) is 5.70. The number of fused-ring (bicyclic) bond motifs is 1. The minimum Gasteiger partial charge on any atom is -0.346 e. The molecule has 96 valence electrons. The average Bonchev–Trinajstić information content (AvgIpc) is 2.97. The number of nitrogens with one attached hydrogen (secondary N) is 1. The summed E-state index contributed by atoms with van der Waals surface area (Å²) in [5, 5.41) is 5.73. The van der Waals surface area contributed by atoms with E-state index >= 15 is 0 Å². The third-order valence-corrected chi connectivity index (χ3v) is 4.27. The van der Waals surface area contributed by atoms with Crippen molar-refractivity contribution in [2.24, 2.45) is 7.05 Å². The molecule has 0 bridgehead atoms. The monoisotopic (exact) mass is 262 g/mol. The zero-order valence-corrected chi connectivity index (χ0v) is 11.5. The van der Waals surface area contributed by atoms with Crippen molar-refractivity contribution in [2.75, 3.05) is 0 Å². The molecule has 18 heavy (non-hydrogen) atoms. The molecular weight excluding hydrogens is 244 g/mol. The van der Waals surface area contributed by atoms with Crippen molar-refractivity contribution >= 4 is 22.5 Å². The molecule has 3 heteroatoms. The summed E-state index contributed by atoms with van der Waals surface area (Å²) < 4.78 is 2.24. The minimum absolute atomic E-state index is 0.714. The van der Waals surface area contributed by atoms with Crippen molar-refractivity contribution in [3.8, 4) is 0 Å². The number of nitrogens with zero attached hydrogens (tertiary/aromatic N) is 1. The van der Waals surface area contributed by atoms with Gasteiger partial charge in [0.25, 0.3) is 0 Å². The van der Waals surface area contributed by atoms with E-state index in [1.54, 1.807) is 0 Å². The maximum Gasteiger partial charge on any atom is 0.0495 e. The van der Waals surface area contributed by atoms with Crippen molar-refractivity contribution in [1.29, 1.82) is 0 Å². The van der Waals surface area contributed by atoms with E-state index < -0.39 is 0 Å². The molecule has 0 atom stereocenters. The van der Waals surface area contributed by atoms with Crippen LogP contribution in [-0.4, -0.2) is 10.6 Å². The second-order valence-electron chi connectivity index (χ2n) is 5.26. The Morgan fingerprint density at radius 3 is 2.83 bits per heavy atom. The molecule has 1 aromatic heterocycles. The van der Waals surface area contributed by atoms with Gasteiger partial charge in [0, 0.05) is 35.9 Å². The van der Waals surface area contributed by atoms with Gasteiger partial charge in [-0.25, -0.2) is 0 Å². The molecular formula is C15H19ClN2. The van der Waals surface area contributed by atoms with E-state index in [1.807, 2.05) is 12.1 Å². The van der Waals surface area contributed by atoms with E-state index in [1.165, 1.54) is 42.3 Å². The lowest BCUT2D eigenvalue weighted by Gasteiger charge is -2.12. The van der Waals surface area contributed by atoms with Gasteiger partial charge < -0.3 is 9.88 Å². The van der Waals surface area contributed by atoms with E-state index in [0.29, 0.717) is 6.04 Å². The third kappa shape index (κ3) is 2.27. The van der Waals surface area contributed by atoms with Gasteiger partial charge in [-0.05, 0) is 36.4 Å². The molecule has 3 rings (SSSR count). The lowest BCUT2D eigenvalue weighted by atomic mass is 10.2. The molecule has 0 radical (unpaired) electrons. The standard InChI is InChI=1S/C15H19ClN2/c1-18-14(10-17-13-4-2-3-5-13)8-11-6-7-12(16)9-15(11)18/h6-9,13,17H,2-5,10H2,1H3. The van der Waals surface area contributed by atoms with Crippen LogP contribution in [-0.2, 0) is 13.6 Å². The minimum atomic E-state index is 0.714. The van der Waals surface area contributed by atoms with Crippen molar-refractivity contribution in [2.45, 2.75) is 38.3 Å². The summed E-state index contributed by atoms with van der Waals surface area (Å²) in [5.41, 5.74) is 2.55. The predicted octanol–water partition coefficient (Wildman–Crippen LogP) is 3.86. The highest BCUT2D eigenvalue weighted by Crippen LogP contribution is 2.23. The molecule has 1 saturated carbocycles. The summed E-state index contributed by atoms with van der Waals surface area (Å²) >= 11 is 6.05. The van der Waals surface area contributed by atoms with Gasteiger partial charge in [-0.2, -0.15) is 0 Å². The van der Waals surface area contributed by atoms with Gasteiger partial charge in [0.05, 0.1) is 0 Å². The number of aromatic nitrogens is 1. The molecule has 2 nitrogen and oxygen atoms in total. The molecule has 0 spiro atoms. The Kier molecular flexibility index (Phi) is 3.31. The first-order valence-corrected chi connectivity index (χ1v) is 7.09. The number of hydrogen-bond donors (Lipinski definition) is 1. The highest BCUT2D eigenvalue weighted by molar-refractivity contribution is 6.31. The molecule has 1 heterocycles. The summed E-state index contributed by atoms with van der Waals surface area (Å²) in [6.07, 6.45) is 5.41. The predicted molar refractivity (Wildman–Crippen MR) is 77.0 cm³/mol. The number of benzene rings is 1. The molecule has 1 aliphatic rings. The van der Waals surface area contributed by atoms with Gasteiger partial charge in [0.2, 0.25) is 0 Å². The summed E-state index contributed by atoms with van der Waals surface area (Å²) in [6, 6.07) is 9.06. The topological polar surface area (TPSA) is 17.0 Å². The summed E-state index contributed by atoms with van der Waals surface area (Å²) in [7, 11) is 2.12. The maximum absolute atomic E-state index is 6.05. The molecule has 1 fully saturated rings. The Balaban J connectivity index is 1.81. The molecule has 0 aliphatic heterocycles. The quantitative estimate of drug-likeness (QED) is 0.889. The Hall–Kier alpha value is -0.990. The Morgan fingerprint density at radius 2 is 2.06 bits per heavy atom. The third-order valence-electron chi connectivity index (χ3n) is 4.03. The zero-order valence-electron chi connectivity index (χ0n) is 10.7. The van der Waals surface area contributed by atoms with Gasteiger partial charge in [0.15, 0.2) is 0 Å². The lowest BCUT2D eigenvalue weighted by Crippen LogP contribution is -2.26. The largest absolute Gasteiger partial charge is 0.346 e. The number of rotatable bonds is 3. The van der Waals surface area contributed by atoms with E-state index in [9.17, 15) is 0 Å². The second kappa shape index (κ2) is 4.94. The SMILES string of the molecule is Cn1c(CNC2CCCC2)cc2ccc(Cl)cc21. The zero-order chi connectivity index (χ0) is 12.5. The first-order chi connectivity index (χ1) is 8.74. The van der Waals surface area contributed by atoms with Crippen molar-refractivity contribution in [3.05, 3.63) is 35.0 Å². The van der Waals surface area contributed by atoms with Gasteiger partial charge in [-0.3, -0.25) is 0 Å². The van der Waals surface area contributed by atoms with Crippen LogP contribution in [0.2, 0.25) is 5.02 Å².